The second kappa shape index (κ2) is 8.27. The van der Waals surface area contributed by atoms with E-state index < -0.39 is 0 Å². The molecule has 0 saturated carbocycles. The first kappa shape index (κ1) is 18.3. The molecule has 2 aromatic carbocycles. The molecule has 1 heterocycles. The number of ether oxygens (including phenoxy) is 1. The van der Waals surface area contributed by atoms with Crippen LogP contribution in [0.2, 0.25) is 0 Å². The topological polar surface area (TPSA) is 58.2 Å². The fourth-order valence-electron chi connectivity index (χ4n) is 2.59. The third-order valence-corrected chi connectivity index (χ3v) is 4.90. The van der Waals surface area contributed by atoms with E-state index in [0.717, 1.165) is 27.5 Å². The summed E-state index contributed by atoms with van der Waals surface area (Å²) in [6, 6.07) is 14.0. The lowest BCUT2D eigenvalue weighted by molar-refractivity contribution is -0.127. The number of imidazole rings is 1. The first-order valence-corrected chi connectivity index (χ1v) is 9.58. The molecule has 136 valence electrons. The number of benzene rings is 2. The van der Waals surface area contributed by atoms with Gasteiger partial charge in [-0.2, -0.15) is 0 Å². The van der Waals surface area contributed by atoms with Gasteiger partial charge in [-0.25, -0.2) is 4.98 Å². The lowest BCUT2D eigenvalue weighted by Crippen LogP contribution is -2.27. The minimum Gasteiger partial charge on any atom is -0.494 e. The zero-order valence-electron chi connectivity index (χ0n) is 15.3. The van der Waals surface area contributed by atoms with Gasteiger partial charge in [-0.15, -0.1) is 0 Å². The Balaban J connectivity index is 1.58. The number of amides is 1. The quantitative estimate of drug-likeness (QED) is 0.639. The average Bonchev–Trinajstić information content (AvgIpc) is 3.04. The van der Waals surface area contributed by atoms with E-state index in [1.54, 1.807) is 4.90 Å². The van der Waals surface area contributed by atoms with Crippen LogP contribution in [-0.2, 0) is 11.3 Å². The molecule has 0 unspecified atom stereocenters. The largest absolute Gasteiger partial charge is 0.494 e. The standard InChI is InChI=1S/C20H23N3O2S/c1-4-25-16-9-10-17-18(11-16)22-20(21-17)26-13-19(24)23(3)12-15-7-5-14(2)6-8-15/h5-11H,4,12-13H2,1-3H3,(H,21,22). The van der Waals surface area contributed by atoms with Gasteiger partial charge in [-0.3, -0.25) is 4.79 Å². The predicted octanol–water partition coefficient (Wildman–Crippen LogP) is 4.02. The SMILES string of the molecule is CCOc1ccc2nc(SCC(=O)N(C)Cc3ccc(C)cc3)[nH]c2c1. The predicted molar refractivity (Wildman–Crippen MR) is 106 cm³/mol. The number of aryl methyl sites for hydroxylation is 1. The Morgan fingerprint density at radius 1 is 1.23 bits per heavy atom. The van der Waals surface area contributed by atoms with E-state index in [9.17, 15) is 4.79 Å². The number of nitrogens with zero attached hydrogens (tertiary/aromatic N) is 2. The van der Waals surface area contributed by atoms with Crippen molar-refractivity contribution < 1.29 is 9.53 Å². The highest BCUT2D eigenvalue weighted by Crippen LogP contribution is 2.23. The third kappa shape index (κ3) is 4.58. The Morgan fingerprint density at radius 3 is 2.73 bits per heavy atom. The van der Waals surface area contributed by atoms with Crippen LogP contribution < -0.4 is 4.74 Å². The number of hydrogen-bond donors (Lipinski definition) is 1. The number of nitrogens with one attached hydrogen (secondary N) is 1. The molecule has 0 aliphatic carbocycles. The van der Waals surface area contributed by atoms with Crippen LogP contribution >= 0.6 is 11.8 Å². The van der Waals surface area contributed by atoms with Crippen LogP contribution in [0.1, 0.15) is 18.1 Å². The second-order valence-corrected chi connectivity index (χ2v) is 7.14. The van der Waals surface area contributed by atoms with E-state index in [0.29, 0.717) is 18.9 Å². The van der Waals surface area contributed by atoms with Crippen LogP contribution in [0.4, 0.5) is 0 Å². The van der Waals surface area contributed by atoms with Crippen molar-refractivity contribution in [1.29, 1.82) is 0 Å². The van der Waals surface area contributed by atoms with Gasteiger partial charge in [0, 0.05) is 19.7 Å². The van der Waals surface area contributed by atoms with Gasteiger partial charge in [0.1, 0.15) is 5.75 Å². The van der Waals surface area contributed by atoms with Gasteiger partial charge >= 0.3 is 0 Å². The Labute approximate surface area is 157 Å². The molecule has 1 N–H and O–H groups in total. The molecule has 0 spiro atoms. The summed E-state index contributed by atoms with van der Waals surface area (Å²) in [5.74, 6) is 1.24. The summed E-state index contributed by atoms with van der Waals surface area (Å²) in [4.78, 5) is 21.9. The van der Waals surface area contributed by atoms with Gasteiger partial charge in [0.2, 0.25) is 5.91 Å². The molecule has 1 aromatic heterocycles. The minimum atomic E-state index is 0.0750. The van der Waals surface area contributed by atoms with Crippen molar-refractivity contribution in [3.8, 4) is 5.75 Å². The highest BCUT2D eigenvalue weighted by atomic mass is 32.2. The summed E-state index contributed by atoms with van der Waals surface area (Å²) >= 11 is 1.42. The van der Waals surface area contributed by atoms with E-state index in [1.165, 1.54) is 17.3 Å². The number of carbonyl (C=O) groups is 1. The van der Waals surface area contributed by atoms with Gasteiger partial charge in [0.05, 0.1) is 23.4 Å². The van der Waals surface area contributed by atoms with Crippen molar-refractivity contribution in [3.63, 3.8) is 0 Å². The monoisotopic (exact) mass is 369 g/mol. The Morgan fingerprint density at radius 2 is 2.00 bits per heavy atom. The summed E-state index contributed by atoms with van der Waals surface area (Å²) in [5.41, 5.74) is 4.13. The summed E-state index contributed by atoms with van der Waals surface area (Å²) in [5, 5.41) is 0.741. The Hall–Kier alpha value is -2.47. The molecule has 0 fully saturated rings. The van der Waals surface area contributed by atoms with Gasteiger partial charge < -0.3 is 14.6 Å². The molecule has 1 amide bonds. The molecule has 0 aliphatic heterocycles. The number of rotatable bonds is 7. The van der Waals surface area contributed by atoms with Gasteiger partial charge in [0.15, 0.2) is 5.16 Å². The van der Waals surface area contributed by atoms with Crippen LogP contribution in [0.15, 0.2) is 47.6 Å². The third-order valence-electron chi connectivity index (χ3n) is 4.04. The van der Waals surface area contributed by atoms with Crippen LogP contribution in [0, 0.1) is 6.92 Å². The fourth-order valence-corrected chi connectivity index (χ4v) is 3.41. The van der Waals surface area contributed by atoms with Crippen LogP contribution in [-0.4, -0.2) is 40.2 Å². The van der Waals surface area contributed by atoms with Crippen LogP contribution in [0.25, 0.3) is 11.0 Å². The van der Waals surface area contributed by atoms with Crippen molar-refractivity contribution in [3.05, 3.63) is 53.6 Å². The summed E-state index contributed by atoms with van der Waals surface area (Å²) < 4.78 is 5.50. The molecule has 3 rings (SSSR count). The van der Waals surface area contributed by atoms with E-state index in [4.69, 9.17) is 4.74 Å². The molecular weight excluding hydrogens is 346 g/mol. The molecule has 0 radical (unpaired) electrons. The zero-order chi connectivity index (χ0) is 18.5. The van der Waals surface area contributed by atoms with E-state index >= 15 is 0 Å². The van der Waals surface area contributed by atoms with Crippen molar-refractivity contribution in [1.82, 2.24) is 14.9 Å². The maximum Gasteiger partial charge on any atom is 0.233 e. The average molecular weight is 369 g/mol. The summed E-state index contributed by atoms with van der Waals surface area (Å²) in [6.45, 7) is 5.25. The summed E-state index contributed by atoms with van der Waals surface area (Å²) in [6.07, 6.45) is 0. The van der Waals surface area contributed by atoms with E-state index in [-0.39, 0.29) is 5.91 Å². The molecule has 0 saturated heterocycles. The van der Waals surface area contributed by atoms with E-state index in [1.807, 2.05) is 32.2 Å². The maximum absolute atomic E-state index is 12.4. The molecule has 0 aliphatic rings. The molecule has 5 nitrogen and oxygen atoms in total. The van der Waals surface area contributed by atoms with Crippen molar-refractivity contribution in [2.45, 2.75) is 25.5 Å². The van der Waals surface area contributed by atoms with Crippen molar-refractivity contribution in [2.24, 2.45) is 0 Å². The number of aromatic amines is 1. The normalized spacial score (nSPS) is 10.9. The molecule has 3 aromatic rings. The van der Waals surface area contributed by atoms with Crippen molar-refractivity contribution >= 4 is 28.7 Å². The molecule has 0 bridgehead atoms. The smallest absolute Gasteiger partial charge is 0.233 e. The molecule has 0 atom stereocenters. The second-order valence-electron chi connectivity index (χ2n) is 6.18. The molecular formula is C20H23N3O2S. The summed E-state index contributed by atoms with van der Waals surface area (Å²) in [7, 11) is 1.83. The number of H-pyrrole nitrogens is 1. The zero-order valence-corrected chi connectivity index (χ0v) is 16.1. The van der Waals surface area contributed by atoms with Gasteiger partial charge in [0.25, 0.3) is 0 Å². The first-order valence-electron chi connectivity index (χ1n) is 8.60. The number of hydrogen-bond acceptors (Lipinski definition) is 4. The number of fused-ring (bicyclic) bond motifs is 1. The Kier molecular flexibility index (Phi) is 5.83. The van der Waals surface area contributed by atoms with E-state index in [2.05, 4.69) is 41.2 Å². The van der Waals surface area contributed by atoms with Gasteiger partial charge in [-0.1, -0.05) is 41.6 Å². The number of thioether (sulfide) groups is 1. The highest BCUT2D eigenvalue weighted by molar-refractivity contribution is 7.99. The highest BCUT2D eigenvalue weighted by Gasteiger charge is 2.12. The van der Waals surface area contributed by atoms with Crippen LogP contribution in [0.5, 0.6) is 5.75 Å². The lowest BCUT2D eigenvalue weighted by atomic mass is 10.1. The Bertz CT molecular complexity index is 890. The van der Waals surface area contributed by atoms with Crippen LogP contribution in [0.3, 0.4) is 0 Å². The van der Waals surface area contributed by atoms with Gasteiger partial charge in [-0.05, 0) is 31.5 Å². The number of carbonyl (C=O) groups excluding carboxylic acids is 1. The van der Waals surface area contributed by atoms with Crippen molar-refractivity contribution in [2.75, 3.05) is 19.4 Å². The molecule has 26 heavy (non-hydrogen) atoms. The lowest BCUT2D eigenvalue weighted by Gasteiger charge is -2.16. The minimum absolute atomic E-state index is 0.0750. The number of aromatic nitrogens is 2. The fraction of sp³-hybridized carbons (Fsp3) is 0.300. The molecule has 6 heteroatoms. The first-order chi connectivity index (χ1) is 12.5. The maximum atomic E-state index is 12.4.